The predicted octanol–water partition coefficient (Wildman–Crippen LogP) is 0.790. The second-order valence-electron chi connectivity index (χ2n) is 4.72. The van der Waals surface area contributed by atoms with Crippen molar-refractivity contribution in [3.63, 3.8) is 0 Å². The number of thiazole rings is 1. The van der Waals surface area contributed by atoms with Crippen molar-refractivity contribution in [1.82, 2.24) is 15.6 Å². The highest BCUT2D eigenvalue weighted by Gasteiger charge is 2.29. The third kappa shape index (κ3) is 3.60. The van der Waals surface area contributed by atoms with Crippen LogP contribution in [0.25, 0.3) is 0 Å². The maximum Gasteiger partial charge on any atom is 0.225 e. The number of guanidine groups is 1. The summed E-state index contributed by atoms with van der Waals surface area (Å²) in [4.78, 5) is 19.8. The summed E-state index contributed by atoms with van der Waals surface area (Å²) in [6, 6.07) is 0. The van der Waals surface area contributed by atoms with Gasteiger partial charge in [0.25, 0.3) is 0 Å². The first-order valence-electron chi connectivity index (χ1n) is 6.46. The number of nitrogens with two attached hydrogens (primary N) is 2. The fourth-order valence-electron chi connectivity index (χ4n) is 1.83. The number of carbonyl (C=O) groups is 1. The molecular formula is C13H18N6OS. The highest BCUT2D eigenvalue weighted by atomic mass is 32.1. The molecule has 6 N–H and O–H groups in total. The Morgan fingerprint density at radius 2 is 2.33 bits per heavy atom. The molecule has 0 fully saturated rings. The van der Waals surface area contributed by atoms with Gasteiger partial charge >= 0.3 is 0 Å². The van der Waals surface area contributed by atoms with Crippen LogP contribution in [0.15, 0.2) is 34.4 Å². The minimum atomic E-state index is -0.529. The van der Waals surface area contributed by atoms with Crippen molar-refractivity contribution >= 4 is 28.3 Å². The number of aliphatic imine (C=N–C) groups is 1. The number of aromatic nitrogens is 1. The van der Waals surface area contributed by atoms with Gasteiger partial charge in [0.15, 0.2) is 5.96 Å². The van der Waals surface area contributed by atoms with Gasteiger partial charge in [-0.25, -0.2) is 4.98 Å². The third-order valence-corrected chi connectivity index (χ3v) is 3.67. The van der Waals surface area contributed by atoms with Crippen molar-refractivity contribution in [3.05, 3.63) is 35.1 Å². The molecule has 1 aromatic heterocycles. The molecule has 1 atom stereocenters. The van der Waals surface area contributed by atoms with Gasteiger partial charge in [-0.3, -0.25) is 4.79 Å². The van der Waals surface area contributed by atoms with Crippen LogP contribution in [0.2, 0.25) is 0 Å². The minimum Gasteiger partial charge on any atom is -0.370 e. The van der Waals surface area contributed by atoms with E-state index in [9.17, 15) is 4.79 Å². The maximum atomic E-state index is 11.5. The molecule has 0 saturated carbocycles. The summed E-state index contributed by atoms with van der Waals surface area (Å²) in [5.41, 5.74) is 10.9. The lowest BCUT2D eigenvalue weighted by Gasteiger charge is -2.30. The number of hydrogen-bond acceptors (Lipinski definition) is 5. The maximum absolute atomic E-state index is 11.5. The molecule has 0 bridgehead atoms. The van der Waals surface area contributed by atoms with Crippen molar-refractivity contribution in [2.24, 2.45) is 16.5 Å². The number of hydrogen-bond donors (Lipinski definition) is 4. The quantitative estimate of drug-likeness (QED) is 0.484. The van der Waals surface area contributed by atoms with E-state index in [1.54, 1.807) is 13.0 Å². The Labute approximate surface area is 126 Å². The molecule has 8 heteroatoms. The van der Waals surface area contributed by atoms with Gasteiger partial charge < -0.3 is 22.1 Å². The fraction of sp³-hybridized carbons (Fsp3) is 0.308. The molecule has 1 aromatic rings. The standard InChI is InChI=1S/C13H18N6OS/c1-3-10(20)17-9-5-4-6-13(2,19-9)8-7-21-12(16-8)18-11(14)15/h4-7,19H,3H2,1-2H3,(H,17,20)(H4,14,15,16,18). The SMILES string of the molecule is CCC(=O)NC1=CC=CC(C)(c2csc(N=C(N)N)n2)N1. The molecule has 7 nitrogen and oxygen atoms in total. The van der Waals surface area contributed by atoms with Crippen LogP contribution < -0.4 is 22.1 Å². The Morgan fingerprint density at radius 1 is 1.57 bits per heavy atom. The van der Waals surface area contributed by atoms with Crippen LogP contribution in [0.1, 0.15) is 26.0 Å². The Morgan fingerprint density at radius 3 is 3.00 bits per heavy atom. The lowest BCUT2D eigenvalue weighted by molar-refractivity contribution is -0.120. The van der Waals surface area contributed by atoms with Crippen LogP contribution in [-0.4, -0.2) is 16.9 Å². The Kier molecular flexibility index (Phi) is 4.27. The van der Waals surface area contributed by atoms with Gasteiger partial charge in [-0.2, -0.15) is 4.99 Å². The average Bonchev–Trinajstić information content (AvgIpc) is 2.87. The summed E-state index contributed by atoms with van der Waals surface area (Å²) in [5, 5.41) is 8.43. The summed E-state index contributed by atoms with van der Waals surface area (Å²) >= 11 is 1.35. The number of nitrogens with one attached hydrogen (secondary N) is 2. The monoisotopic (exact) mass is 306 g/mol. The van der Waals surface area contributed by atoms with E-state index in [0.717, 1.165) is 5.69 Å². The van der Waals surface area contributed by atoms with E-state index in [0.29, 0.717) is 17.4 Å². The second kappa shape index (κ2) is 5.96. The summed E-state index contributed by atoms with van der Waals surface area (Å²) in [6.45, 7) is 3.76. The highest BCUT2D eigenvalue weighted by molar-refractivity contribution is 7.13. The molecular weight excluding hydrogens is 288 g/mol. The Balaban J connectivity index is 2.18. The number of allylic oxidation sites excluding steroid dienone is 2. The molecule has 21 heavy (non-hydrogen) atoms. The lowest BCUT2D eigenvalue weighted by atomic mass is 9.96. The zero-order chi connectivity index (χ0) is 15.5. The fourth-order valence-corrected chi connectivity index (χ4v) is 2.65. The van der Waals surface area contributed by atoms with E-state index in [4.69, 9.17) is 11.5 Å². The molecule has 1 aliphatic rings. The van der Waals surface area contributed by atoms with E-state index >= 15 is 0 Å². The first kappa shape index (κ1) is 15.0. The van der Waals surface area contributed by atoms with Crippen LogP contribution in [0.5, 0.6) is 0 Å². The molecule has 2 rings (SSSR count). The first-order chi connectivity index (χ1) is 9.93. The molecule has 0 saturated heterocycles. The first-order valence-corrected chi connectivity index (χ1v) is 7.34. The molecule has 2 heterocycles. The third-order valence-electron chi connectivity index (χ3n) is 2.93. The molecule has 0 aliphatic carbocycles. The number of nitrogens with zero attached hydrogens (tertiary/aromatic N) is 2. The van der Waals surface area contributed by atoms with Gasteiger partial charge in [0.1, 0.15) is 5.82 Å². The van der Waals surface area contributed by atoms with E-state index in [1.165, 1.54) is 11.3 Å². The highest BCUT2D eigenvalue weighted by Crippen LogP contribution is 2.30. The second-order valence-corrected chi connectivity index (χ2v) is 5.56. The van der Waals surface area contributed by atoms with E-state index in [-0.39, 0.29) is 11.9 Å². The van der Waals surface area contributed by atoms with Crippen molar-refractivity contribution < 1.29 is 4.79 Å². The average molecular weight is 306 g/mol. The van der Waals surface area contributed by atoms with Crippen LogP contribution in [-0.2, 0) is 10.3 Å². The molecule has 0 radical (unpaired) electrons. The topological polar surface area (TPSA) is 118 Å². The van der Waals surface area contributed by atoms with Crippen LogP contribution in [0.4, 0.5) is 5.13 Å². The lowest BCUT2D eigenvalue weighted by Crippen LogP contribution is -2.44. The summed E-state index contributed by atoms with van der Waals surface area (Å²) < 4.78 is 0. The van der Waals surface area contributed by atoms with E-state index < -0.39 is 5.54 Å². The molecule has 0 aromatic carbocycles. The van der Waals surface area contributed by atoms with Gasteiger partial charge in [0.2, 0.25) is 11.0 Å². The van der Waals surface area contributed by atoms with E-state index in [2.05, 4.69) is 20.6 Å². The number of dihydropyridines is 1. The van der Waals surface area contributed by atoms with E-state index in [1.807, 2.05) is 24.5 Å². The zero-order valence-electron chi connectivity index (χ0n) is 11.9. The van der Waals surface area contributed by atoms with Crippen molar-refractivity contribution in [3.8, 4) is 0 Å². The van der Waals surface area contributed by atoms with Crippen LogP contribution in [0, 0.1) is 0 Å². The van der Waals surface area contributed by atoms with Gasteiger partial charge in [0, 0.05) is 11.8 Å². The summed E-state index contributed by atoms with van der Waals surface area (Å²) in [6.07, 6.45) is 6.06. The molecule has 1 aliphatic heterocycles. The van der Waals surface area contributed by atoms with Crippen LogP contribution >= 0.6 is 11.3 Å². The summed E-state index contributed by atoms with van der Waals surface area (Å²) in [7, 11) is 0. The smallest absolute Gasteiger partial charge is 0.225 e. The number of rotatable bonds is 4. The van der Waals surface area contributed by atoms with Crippen molar-refractivity contribution in [1.29, 1.82) is 0 Å². The zero-order valence-corrected chi connectivity index (χ0v) is 12.7. The van der Waals surface area contributed by atoms with Gasteiger partial charge in [-0.05, 0) is 13.0 Å². The Bertz CT molecular complexity index is 628. The summed E-state index contributed by atoms with van der Waals surface area (Å²) in [5.74, 6) is 0.568. The number of carbonyl (C=O) groups excluding carboxylic acids is 1. The Hall–Kier alpha value is -2.35. The molecule has 1 unspecified atom stereocenters. The van der Waals surface area contributed by atoms with Crippen molar-refractivity contribution in [2.45, 2.75) is 25.8 Å². The number of amides is 1. The predicted molar refractivity (Wildman–Crippen MR) is 83.7 cm³/mol. The molecule has 112 valence electrons. The van der Waals surface area contributed by atoms with Gasteiger partial charge in [-0.1, -0.05) is 19.1 Å². The van der Waals surface area contributed by atoms with Crippen molar-refractivity contribution in [2.75, 3.05) is 0 Å². The van der Waals surface area contributed by atoms with Gasteiger partial charge in [-0.15, -0.1) is 11.3 Å². The normalized spacial score (nSPS) is 20.4. The minimum absolute atomic E-state index is 0.0241. The largest absolute Gasteiger partial charge is 0.370 e. The molecule has 0 spiro atoms. The van der Waals surface area contributed by atoms with Crippen LogP contribution in [0.3, 0.4) is 0 Å². The molecule has 1 amide bonds. The van der Waals surface area contributed by atoms with Gasteiger partial charge in [0.05, 0.1) is 11.2 Å².